The third-order valence-corrected chi connectivity index (χ3v) is 2.79. The topological polar surface area (TPSA) is 174 Å². The number of aliphatic hydroxyl groups is 1. The van der Waals surface area contributed by atoms with Crippen LogP contribution in [0.1, 0.15) is 0 Å². The van der Waals surface area contributed by atoms with Crippen molar-refractivity contribution in [1.29, 1.82) is 0 Å². The van der Waals surface area contributed by atoms with E-state index in [-0.39, 0.29) is 5.48 Å². The molecular weight excluding hydrogens is 352 g/mol. The van der Waals surface area contributed by atoms with Gasteiger partial charge in [-0.1, -0.05) is 48.5 Å². The molecular formula is C16H19ClN2O6. The van der Waals surface area contributed by atoms with E-state index in [2.05, 4.69) is 40.5 Å². The Hall–Kier alpha value is -2.30. The van der Waals surface area contributed by atoms with E-state index < -0.39 is 10.2 Å². The fraction of sp³-hybridized carbons (Fsp3) is 0.0625. The first kappa shape index (κ1) is 22.7. The molecule has 0 saturated heterocycles. The highest BCUT2D eigenvalue weighted by Gasteiger charge is 2.10. The van der Waals surface area contributed by atoms with Crippen LogP contribution in [0.25, 0.3) is 22.5 Å². The summed E-state index contributed by atoms with van der Waals surface area (Å²) in [5.41, 5.74) is 4.57. The average Bonchev–Trinajstić information content (AvgIpc) is 3.07. The van der Waals surface area contributed by atoms with Crippen molar-refractivity contribution < 1.29 is 44.6 Å². The molecule has 0 amide bonds. The van der Waals surface area contributed by atoms with Crippen LogP contribution in [-0.2, 0) is 0 Å². The summed E-state index contributed by atoms with van der Waals surface area (Å²) in [6.45, 7) is 0. The Labute approximate surface area is 146 Å². The van der Waals surface area contributed by atoms with Crippen LogP contribution in [0.5, 0.6) is 0 Å². The van der Waals surface area contributed by atoms with E-state index in [1.54, 1.807) is 0 Å². The van der Waals surface area contributed by atoms with Crippen molar-refractivity contribution in [3.05, 3.63) is 66.7 Å². The Morgan fingerprint density at radius 3 is 1.64 bits per heavy atom. The van der Waals surface area contributed by atoms with Crippen LogP contribution in [0.3, 0.4) is 0 Å². The third-order valence-electron chi connectivity index (χ3n) is 2.79. The van der Waals surface area contributed by atoms with E-state index in [9.17, 15) is 0 Å². The standard InChI is InChI=1S/C15H12N2.CH4O.ClHO4.H2O/c1-3-7-12(8-4-1)14-11-15(17-16-14)13-9-5-2-6-10-13;1-2;2-1(3,4)5;/h1-11H,(H,16,17);2H,1H3;(H,2,3,4,5);1H2. The second-order valence-electron chi connectivity index (χ2n) is 4.33. The van der Waals surface area contributed by atoms with E-state index >= 15 is 0 Å². The summed E-state index contributed by atoms with van der Waals surface area (Å²) in [5.74, 6) is 0. The average molecular weight is 371 g/mol. The molecule has 1 heterocycles. The van der Waals surface area contributed by atoms with Gasteiger partial charge in [-0.3, -0.25) is 0 Å². The number of halogens is 1. The number of aromatic amines is 2. The quantitative estimate of drug-likeness (QED) is 0.494. The maximum atomic E-state index is 8.49. The van der Waals surface area contributed by atoms with Gasteiger partial charge in [0.2, 0.25) is 5.69 Å². The first-order chi connectivity index (χ1) is 11.4. The number of hydrogen-bond acceptors (Lipinski definition) is 5. The number of rotatable bonds is 2. The highest BCUT2D eigenvalue weighted by Crippen LogP contribution is 2.20. The fourth-order valence-corrected chi connectivity index (χ4v) is 1.90. The Morgan fingerprint density at radius 1 is 0.800 bits per heavy atom. The largest absolute Gasteiger partial charge is 0.412 e. The predicted molar refractivity (Wildman–Crippen MR) is 80.0 cm³/mol. The summed E-state index contributed by atoms with van der Waals surface area (Å²) in [5, 5.41) is 13.4. The number of nitrogens with one attached hydrogen (secondary N) is 2. The molecule has 9 heteroatoms. The summed E-state index contributed by atoms with van der Waals surface area (Å²) in [7, 11) is -3.94. The van der Waals surface area contributed by atoms with Gasteiger partial charge in [-0.25, -0.2) is 18.6 Å². The van der Waals surface area contributed by atoms with Crippen molar-refractivity contribution in [3.63, 3.8) is 0 Å². The molecule has 0 aliphatic heterocycles. The van der Waals surface area contributed by atoms with Crippen molar-refractivity contribution in [2.75, 3.05) is 7.11 Å². The molecule has 0 atom stereocenters. The lowest BCUT2D eigenvalue weighted by Gasteiger charge is -2.17. The van der Waals surface area contributed by atoms with Gasteiger partial charge in [0.1, 0.15) is 5.69 Å². The Balaban J connectivity index is 0.000000628. The molecule has 136 valence electrons. The summed E-state index contributed by atoms with van der Waals surface area (Å²) in [4.78, 5) is 0. The van der Waals surface area contributed by atoms with Crippen molar-refractivity contribution in [2.24, 2.45) is 0 Å². The summed E-state index contributed by atoms with van der Waals surface area (Å²) in [6, 6.07) is 22.7. The molecule has 0 spiro atoms. The third kappa shape index (κ3) is 8.94. The van der Waals surface area contributed by atoms with Crippen molar-refractivity contribution in [3.8, 4) is 22.5 Å². The van der Waals surface area contributed by atoms with Crippen molar-refractivity contribution in [1.82, 2.24) is 5.10 Å². The van der Waals surface area contributed by atoms with Crippen LogP contribution in [0.15, 0.2) is 66.7 Å². The minimum atomic E-state index is -4.94. The number of H-pyrrole nitrogens is 2. The molecule has 1 aromatic heterocycles. The van der Waals surface area contributed by atoms with Gasteiger partial charge in [-0.2, -0.15) is 5.10 Å². The minimum Gasteiger partial charge on any atom is -0.412 e. The summed E-state index contributed by atoms with van der Waals surface area (Å²) >= 11 is 0. The molecule has 3 aromatic rings. The molecule has 2 aromatic carbocycles. The van der Waals surface area contributed by atoms with Crippen LogP contribution in [0, 0.1) is 10.2 Å². The number of benzene rings is 2. The van der Waals surface area contributed by atoms with Gasteiger partial charge >= 0.3 is 0 Å². The molecule has 3 rings (SSSR count). The molecule has 0 saturated carbocycles. The predicted octanol–water partition coefficient (Wildman–Crippen LogP) is -2.81. The molecule has 25 heavy (non-hydrogen) atoms. The summed E-state index contributed by atoms with van der Waals surface area (Å²) < 4.78 is 34.0. The highest BCUT2D eigenvalue weighted by atomic mass is 35.7. The number of aliphatic hydroxyl groups excluding tert-OH is 1. The molecule has 0 radical (unpaired) electrons. The number of aromatic nitrogens is 2. The van der Waals surface area contributed by atoms with Crippen LogP contribution in [0.4, 0.5) is 0 Å². The molecule has 0 aliphatic rings. The maximum Gasteiger partial charge on any atom is 0.236 e. The lowest BCUT2D eigenvalue weighted by Crippen LogP contribution is -2.68. The van der Waals surface area contributed by atoms with Crippen LogP contribution < -0.4 is 23.7 Å². The molecule has 0 bridgehead atoms. The van der Waals surface area contributed by atoms with Gasteiger partial charge in [-0.15, -0.1) is 15.3 Å². The maximum absolute atomic E-state index is 8.49. The molecule has 0 fully saturated rings. The lowest BCUT2D eigenvalue weighted by atomic mass is 10.1. The lowest BCUT2D eigenvalue weighted by molar-refractivity contribution is -2.00. The van der Waals surface area contributed by atoms with Crippen molar-refractivity contribution >= 4 is 0 Å². The molecule has 8 nitrogen and oxygen atoms in total. The van der Waals surface area contributed by atoms with Crippen molar-refractivity contribution in [2.45, 2.75) is 0 Å². The molecule has 5 N–H and O–H groups in total. The van der Waals surface area contributed by atoms with Crippen LogP contribution >= 0.6 is 0 Å². The van der Waals surface area contributed by atoms with Crippen LogP contribution in [-0.4, -0.2) is 22.8 Å². The van der Waals surface area contributed by atoms with Gasteiger partial charge in [0, 0.05) is 24.3 Å². The van der Waals surface area contributed by atoms with E-state index in [0.29, 0.717) is 0 Å². The van der Waals surface area contributed by atoms with Gasteiger partial charge in [0.05, 0.1) is 0 Å². The van der Waals surface area contributed by atoms with E-state index in [0.717, 1.165) is 18.5 Å². The zero-order valence-electron chi connectivity index (χ0n) is 13.3. The normalized spacial score (nSPS) is 9.68. The van der Waals surface area contributed by atoms with E-state index in [1.807, 2.05) is 36.4 Å². The Bertz CT molecular complexity index is 641. The smallest absolute Gasteiger partial charge is 0.236 e. The van der Waals surface area contributed by atoms with Gasteiger partial charge in [0.15, 0.2) is 0 Å². The highest BCUT2D eigenvalue weighted by molar-refractivity contribution is 5.65. The second-order valence-corrected chi connectivity index (χ2v) is 5.09. The van der Waals surface area contributed by atoms with E-state index in [1.165, 1.54) is 11.1 Å². The Kier molecular flexibility index (Phi) is 10.2. The monoisotopic (exact) mass is 370 g/mol. The fourth-order valence-electron chi connectivity index (χ4n) is 1.90. The van der Waals surface area contributed by atoms with Gasteiger partial charge in [0.25, 0.3) is 0 Å². The summed E-state index contributed by atoms with van der Waals surface area (Å²) in [6.07, 6.45) is 0. The van der Waals surface area contributed by atoms with Crippen LogP contribution in [0.2, 0.25) is 0 Å². The molecule has 0 unspecified atom stereocenters. The SMILES string of the molecule is CO.O.[O-][Cl+3]([O-])([O-])[O-].c1ccc(-c2cc(-c3ccccc3)[nH+][nH]2)cc1. The second kappa shape index (κ2) is 11.3. The first-order valence-electron chi connectivity index (χ1n) is 6.71. The first-order valence-corrected chi connectivity index (χ1v) is 7.95. The zero-order valence-corrected chi connectivity index (χ0v) is 14.1. The van der Waals surface area contributed by atoms with Gasteiger partial charge < -0.3 is 10.6 Å². The number of hydrogen-bond donors (Lipinski definition) is 2. The zero-order chi connectivity index (χ0) is 18.0. The Morgan fingerprint density at radius 2 is 1.20 bits per heavy atom. The molecule has 0 aliphatic carbocycles. The van der Waals surface area contributed by atoms with Gasteiger partial charge in [-0.05, 0) is 12.1 Å². The minimum absolute atomic E-state index is 0. The van der Waals surface area contributed by atoms with E-state index in [4.69, 9.17) is 23.7 Å².